The van der Waals surface area contributed by atoms with Gasteiger partial charge in [-0.1, -0.05) is 22.9 Å². The van der Waals surface area contributed by atoms with Gasteiger partial charge in [-0.2, -0.15) is 0 Å². The van der Waals surface area contributed by atoms with Gasteiger partial charge in [0.2, 0.25) is 0 Å². The van der Waals surface area contributed by atoms with Crippen molar-refractivity contribution in [2.24, 2.45) is 0 Å². The van der Waals surface area contributed by atoms with E-state index in [0.29, 0.717) is 11.0 Å². The summed E-state index contributed by atoms with van der Waals surface area (Å²) in [5, 5.41) is 13.6. The van der Waals surface area contributed by atoms with E-state index in [4.69, 9.17) is 9.84 Å². The summed E-state index contributed by atoms with van der Waals surface area (Å²) in [5.74, 6) is -1.79. The summed E-state index contributed by atoms with van der Waals surface area (Å²) in [4.78, 5) is 33.8. The lowest BCUT2D eigenvalue weighted by Crippen LogP contribution is -2.41. The van der Waals surface area contributed by atoms with Crippen LogP contribution in [0.4, 0.5) is 4.79 Å². The van der Waals surface area contributed by atoms with Crippen molar-refractivity contribution in [1.82, 2.24) is 10.6 Å². The number of halogens is 1. The summed E-state index contributed by atoms with van der Waals surface area (Å²) in [6.45, 7) is 1.87. The highest BCUT2D eigenvalue weighted by Crippen LogP contribution is 2.23. The number of imide groups is 1. The average Bonchev–Trinajstić information content (AvgIpc) is 2.42. The van der Waals surface area contributed by atoms with Crippen molar-refractivity contribution in [2.45, 2.75) is 13.3 Å². The van der Waals surface area contributed by atoms with E-state index in [1.807, 2.05) is 6.92 Å². The second kappa shape index (κ2) is 8.25. The van der Waals surface area contributed by atoms with Gasteiger partial charge in [0.15, 0.2) is 6.61 Å². The fraction of sp³-hybridized carbons (Fsp3) is 0.308. The molecule has 1 aromatic carbocycles. The van der Waals surface area contributed by atoms with E-state index in [0.717, 1.165) is 6.42 Å². The van der Waals surface area contributed by atoms with Crippen LogP contribution in [-0.2, 0) is 4.79 Å². The number of aromatic carboxylic acids is 1. The van der Waals surface area contributed by atoms with Gasteiger partial charge in [-0.05, 0) is 24.6 Å². The minimum absolute atomic E-state index is 0.0426. The van der Waals surface area contributed by atoms with Crippen molar-refractivity contribution < 1.29 is 24.2 Å². The fourth-order valence-corrected chi connectivity index (χ4v) is 1.72. The number of hydrogen-bond donors (Lipinski definition) is 3. The number of amides is 3. The minimum atomic E-state index is -1.17. The molecule has 0 aliphatic carbocycles. The van der Waals surface area contributed by atoms with E-state index in [2.05, 4.69) is 26.6 Å². The zero-order chi connectivity index (χ0) is 15.8. The molecule has 0 spiro atoms. The largest absolute Gasteiger partial charge is 0.483 e. The van der Waals surface area contributed by atoms with Crippen LogP contribution in [0.3, 0.4) is 0 Å². The Morgan fingerprint density at radius 3 is 2.67 bits per heavy atom. The maximum absolute atomic E-state index is 11.5. The predicted octanol–water partition coefficient (Wildman–Crippen LogP) is 1.76. The van der Waals surface area contributed by atoms with E-state index in [9.17, 15) is 14.4 Å². The SMILES string of the molecule is CCCNC(=O)NC(=O)COc1cc(Br)ccc1C(=O)O. The molecule has 21 heavy (non-hydrogen) atoms. The van der Waals surface area contributed by atoms with Crippen LogP contribution in [0, 0.1) is 0 Å². The maximum atomic E-state index is 11.5. The van der Waals surface area contributed by atoms with Gasteiger partial charge in [0.05, 0.1) is 0 Å². The molecule has 0 heterocycles. The Labute approximate surface area is 129 Å². The van der Waals surface area contributed by atoms with E-state index >= 15 is 0 Å². The van der Waals surface area contributed by atoms with Crippen LogP contribution in [0.2, 0.25) is 0 Å². The molecule has 0 saturated carbocycles. The first kappa shape index (κ1) is 17.0. The quantitative estimate of drug-likeness (QED) is 0.718. The maximum Gasteiger partial charge on any atom is 0.339 e. The summed E-state index contributed by atoms with van der Waals surface area (Å²) >= 11 is 3.18. The zero-order valence-electron chi connectivity index (χ0n) is 11.3. The van der Waals surface area contributed by atoms with Crippen LogP contribution < -0.4 is 15.4 Å². The third kappa shape index (κ3) is 5.82. The minimum Gasteiger partial charge on any atom is -0.483 e. The Bertz CT molecular complexity index is 547. The molecular formula is C13H15BrN2O5. The molecule has 8 heteroatoms. The lowest BCUT2D eigenvalue weighted by Gasteiger charge is -2.10. The number of hydrogen-bond acceptors (Lipinski definition) is 4. The molecule has 1 aromatic rings. The molecule has 0 aromatic heterocycles. The molecule has 0 aliphatic heterocycles. The van der Waals surface area contributed by atoms with Gasteiger partial charge in [0.25, 0.3) is 5.91 Å². The number of nitrogens with one attached hydrogen (secondary N) is 2. The summed E-state index contributed by atoms with van der Waals surface area (Å²) in [6, 6.07) is 3.73. The molecule has 0 atom stereocenters. The molecule has 3 N–H and O–H groups in total. The van der Waals surface area contributed by atoms with E-state index in [-0.39, 0.29) is 11.3 Å². The van der Waals surface area contributed by atoms with E-state index < -0.39 is 24.5 Å². The van der Waals surface area contributed by atoms with Crippen LogP contribution in [0.15, 0.2) is 22.7 Å². The van der Waals surface area contributed by atoms with Crippen molar-refractivity contribution >= 4 is 33.8 Å². The Morgan fingerprint density at radius 1 is 1.33 bits per heavy atom. The van der Waals surface area contributed by atoms with Crippen molar-refractivity contribution in [3.05, 3.63) is 28.2 Å². The summed E-state index contributed by atoms with van der Waals surface area (Å²) in [5.41, 5.74) is -0.0681. The van der Waals surface area contributed by atoms with Crippen LogP contribution in [-0.4, -0.2) is 36.2 Å². The molecule has 0 fully saturated rings. The van der Waals surface area contributed by atoms with Gasteiger partial charge < -0.3 is 15.2 Å². The number of urea groups is 1. The molecule has 114 valence electrons. The van der Waals surface area contributed by atoms with Crippen molar-refractivity contribution in [1.29, 1.82) is 0 Å². The highest BCUT2D eigenvalue weighted by atomic mass is 79.9. The number of carboxylic acids is 1. The summed E-state index contributed by atoms with van der Waals surface area (Å²) in [6.07, 6.45) is 0.748. The molecule has 0 saturated heterocycles. The number of carbonyl (C=O) groups excluding carboxylic acids is 2. The Balaban J connectivity index is 2.59. The highest BCUT2D eigenvalue weighted by Gasteiger charge is 2.14. The molecule has 0 bridgehead atoms. The Kier molecular flexibility index (Phi) is 6.67. The normalized spacial score (nSPS) is 9.81. The van der Waals surface area contributed by atoms with Gasteiger partial charge in [-0.15, -0.1) is 0 Å². The van der Waals surface area contributed by atoms with Gasteiger partial charge in [-0.25, -0.2) is 9.59 Å². The van der Waals surface area contributed by atoms with Gasteiger partial charge in [0.1, 0.15) is 11.3 Å². The number of ether oxygens (including phenoxy) is 1. The Morgan fingerprint density at radius 2 is 2.05 bits per heavy atom. The third-order valence-corrected chi connectivity index (χ3v) is 2.81. The second-order valence-electron chi connectivity index (χ2n) is 4.04. The monoisotopic (exact) mass is 358 g/mol. The summed E-state index contributed by atoms with van der Waals surface area (Å²) < 4.78 is 5.76. The lowest BCUT2D eigenvalue weighted by atomic mass is 10.2. The zero-order valence-corrected chi connectivity index (χ0v) is 12.9. The topological polar surface area (TPSA) is 105 Å². The first-order chi connectivity index (χ1) is 9.93. The highest BCUT2D eigenvalue weighted by molar-refractivity contribution is 9.10. The van der Waals surface area contributed by atoms with Gasteiger partial charge >= 0.3 is 12.0 Å². The molecule has 0 aliphatic rings. The third-order valence-electron chi connectivity index (χ3n) is 2.32. The first-order valence-electron chi connectivity index (χ1n) is 6.17. The number of carboxylic acid groups (broad SMARTS) is 1. The average molecular weight is 359 g/mol. The van der Waals surface area contributed by atoms with Gasteiger partial charge in [-0.3, -0.25) is 10.1 Å². The molecule has 0 unspecified atom stereocenters. The van der Waals surface area contributed by atoms with Crippen LogP contribution in [0.1, 0.15) is 23.7 Å². The van der Waals surface area contributed by atoms with E-state index in [1.54, 1.807) is 6.07 Å². The smallest absolute Gasteiger partial charge is 0.339 e. The van der Waals surface area contributed by atoms with Crippen molar-refractivity contribution in [3.63, 3.8) is 0 Å². The van der Waals surface area contributed by atoms with Crippen LogP contribution >= 0.6 is 15.9 Å². The fourth-order valence-electron chi connectivity index (χ4n) is 1.38. The Hall–Kier alpha value is -2.09. The van der Waals surface area contributed by atoms with Crippen molar-refractivity contribution in [3.8, 4) is 5.75 Å². The van der Waals surface area contributed by atoms with Crippen molar-refractivity contribution in [2.75, 3.05) is 13.2 Å². The predicted molar refractivity (Wildman–Crippen MR) is 78.4 cm³/mol. The van der Waals surface area contributed by atoms with Gasteiger partial charge in [0, 0.05) is 11.0 Å². The van der Waals surface area contributed by atoms with Crippen LogP contribution in [0.5, 0.6) is 5.75 Å². The molecule has 7 nitrogen and oxygen atoms in total. The van der Waals surface area contributed by atoms with Crippen LogP contribution in [0.25, 0.3) is 0 Å². The first-order valence-corrected chi connectivity index (χ1v) is 6.96. The summed E-state index contributed by atoms with van der Waals surface area (Å²) in [7, 11) is 0. The number of carbonyl (C=O) groups is 3. The standard InChI is InChI=1S/C13H15BrN2O5/c1-2-5-15-13(20)16-11(17)7-21-10-6-8(14)3-4-9(10)12(18)19/h3-4,6H,2,5,7H2,1H3,(H,18,19)(H2,15,16,17,20). The second-order valence-corrected chi connectivity index (χ2v) is 4.95. The molecule has 3 amide bonds. The molecule has 0 radical (unpaired) electrons. The lowest BCUT2D eigenvalue weighted by molar-refractivity contribution is -0.122. The number of benzene rings is 1. The van der Waals surface area contributed by atoms with E-state index in [1.165, 1.54) is 12.1 Å². The molecular weight excluding hydrogens is 344 g/mol. The number of rotatable bonds is 6. The molecule has 1 rings (SSSR count).